The van der Waals surface area contributed by atoms with Gasteiger partial charge in [0.05, 0.1) is 12.1 Å². The van der Waals surface area contributed by atoms with E-state index in [1.807, 2.05) is 0 Å². The Labute approximate surface area is 148 Å². The van der Waals surface area contributed by atoms with Crippen LogP contribution in [-0.4, -0.2) is 44.0 Å². The minimum absolute atomic E-state index is 0.111. The van der Waals surface area contributed by atoms with Crippen LogP contribution < -0.4 is 0 Å². The quantitative estimate of drug-likeness (QED) is 0.720. The molecule has 1 unspecified atom stereocenters. The van der Waals surface area contributed by atoms with E-state index >= 15 is 4.39 Å². The highest BCUT2D eigenvalue weighted by molar-refractivity contribution is 5.94. The Bertz CT molecular complexity index is 902. The Morgan fingerprint density at radius 2 is 2.00 bits per heavy atom. The number of hydrogen-bond acceptors (Lipinski definition) is 6. The lowest BCUT2D eigenvalue weighted by Gasteiger charge is -2.35. The number of piperidine rings is 1. The molecule has 3 aromatic rings. The molecule has 132 valence electrons. The lowest BCUT2D eigenvalue weighted by molar-refractivity contribution is 0.0152. The van der Waals surface area contributed by atoms with Crippen molar-refractivity contribution >= 4 is 5.91 Å². The van der Waals surface area contributed by atoms with Gasteiger partial charge in [-0.3, -0.25) is 14.8 Å². The van der Waals surface area contributed by atoms with Crippen LogP contribution in [0, 0.1) is 0 Å². The summed E-state index contributed by atoms with van der Waals surface area (Å²) in [7, 11) is 0. The van der Waals surface area contributed by atoms with E-state index in [0.717, 1.165) is 0 Å². The van der Waals surface area contributed by atoms with Crippen molar-refractivity contribution in [1.82, 2.24) is 25.0 Å². The minimum atomic E-state index is -1.87. The van der Waals surface area contributed by atoms with Crippen LogP contribution in [-0.2, 0) is 5.67 Å². The van der Waals surface area contributed by atoms with Crippen LogP contribution in [0.4, 0.5) is 4.39 Å². The Balaban J connectivity index is 1.56. The van der Waals surface area contributed by atoms with E-state index in [1.165, 1.54) is 11.1 Å². The first-order valence-corrected chi connectivity index (χ1v) is 8.28. The third kappa shape index (κ3) is 3.05. The minimum Gasteiger partial charge on any atom is -0.335 e. The highest BCUT2D eigenvalue weighted by Gasteiger charge is 2.44. The molecule has 0 aromatic carbocycles. The van der Waals surface area contributed by atoms with E-state index < -0.39 is 5.67 Å². The van der Waals surface area contributed by atoms with Crippen LogP contribution in [0.3, 0.4) is 0 Å². The molecule has 0 aliphatic carbocycles. The molecule has 8 heteroatoms. The molecule has 0 saturated carbocycles. The second kappa shape index (κ2) is 6.62. The van der Waals surface area contributed by atoms with Crippen molar-refractivity contribution in [3.8, 4) is 11.4 Å². The summed E-state index contributed by atoms with van der Waals surface area (Å²) >= 11 is 0. The molecule has 1 atom stereocenters. The van der Waals surface area contributed by atoms with Gasteiger partial charge in [0.25, 0.3) is 11.8 Å². The van der Waals surface area contributed by atoms with E-state index in [4.69, 9.17) is 4.52 Å². The van der Waals surface area contributed by atoms with Gasteiger partial charge in [-0.25, -0.2) is 4.39 Å². The van der Waals surface area contributed by atoms with Crippen LogP contribution in [0.5, 0.6) is 0 Å². The molecule has 4 rings (SSSR count). The van der Waals surface area contributed by atoms with Crippen LogP contribution in [0.25, 0.3) is 11.4 Å². The fourth-order valence-electron chi connectivity index (χ4n) is 3.05. The number of carbonyl (C=O) groups excluding carboxylic acids is 1. The molecule has 26 heavy (non-hydrogen) atoms. The third-order valence-electron chi connectivity index (χ3n) is 4.37. The molecule has 0 spiro atoms. The number of halogens is 1. The predicted molar refractivity (Wildman–Crippen MR) is 89.7 cm³/mol. The topological polar surface area (TPSA) is 85.0 Å². The van der Waals surface area contributed by atoms with Crippen LogP contribution in [0.2, 0.25) is 0 Å². The first-order valence-electron chi connectivity index (χ1n) is 8.28. The van der Waals surface area contributed by atoms with Gasteiger partial charge in [-0.15, -0.1) is 0 Å². The number of amides is 1. The fourth-order valence-corrected chi connectivity index (χ4v) is 3.05. The molecule has 1 aliphatic rings. The van der Waals surface area contributed by atoms with Crippen LogP contribution >= 0.6 is 0 Å². The Morgan fingerprint density at radius 3 is 2.73 bits per heavy atom. The van der Waals surface area contributed by atoms with E-state index in [-0.39, 0.29) is 30.6 Å². The van der Waals surface area contributed by atoms with Crippen molar-refractivity contribution in [1.29, 1.82) is 0 Å². The van der Waals surface area contributed by atoms with Gasteiger partial charge >= 0.3 is 0 Å². The second-order valence-corrected chi connectivity index (χ2v) is 6.20. The number of alkyl halides is 1. The van der Waals surface area contributed by atoms with Gasteiger partial charge in [-0.2, -0.15) is 4.98 Å². The number of aromatic nitrogens is 4. The molecule has 0 N–H and O–H groups in total. The Hall–Kier alpha value is -3.16. The number of likely N-dealkylation sites (tertiary alicyclic amines) is 1. The zero-order valence-corrected chi connectivity index (χ0v) is 13.9. The van der Waals surface area contributed by atoms with Gasteiger partial charge in [0, 0.05) is 36.9 Å². The Morgan fingerprint density at radius 1 is 1.19 bits per heavy atom. The number of nitrogens with zero attached hydrogens (tertiary/aromatic N) is 5. The molecule has 0 radical (unpaired) electrons. The maximum Gasteiger partial charge on any atom is 0.266 e. The maximum absolute atomic E-state index is 15.5. The predicted octanol–water partition coefficient (Wildman–Crippen LogP) is 2.63. The fraction of sp³-hybridized carbons (Fsp3) is 0.278. The maximum atomic E-state index is 15.5. The van der Waals surface area contributed by atoms with Crippen LogP contribution in [0.15, 0.2) is 53.6 Å². The smallest absolute Gasteiger partial charge is 0.266 e. The summed E-state index contributed by atoms with van der Waals surface area (Å²) in [6, 6.07) is 6.85. The van der Waals surface area contributed by atoms with Crippen molar-refractivity contribution in [2.45, 2.75) is 18.5 Å². The van der Waals surface area contributed by atoms with E-state index in [1.54, 1.807) is 42.9 Å². The molecule has 1 amide bonds. The summed E-state index contributed by atoms with van der Waals surface area (Å²) in [5.41, 5.74) is -0.799. The molecule has 1 saturated heterocycles. The van der Waals surface area contributed by atoms with Crippen molar-refractivity contribution in [2.24, 2.45) is 0 Å². The van der Waals surface area contributed by atoms with Crippen molar-refractivity contribution in [2.75, 3.05) is 13.1 Å². The molecule has 1 aliphatic heterocycles. The normalized spacial score (nSPS) is 20.1. The summed E-state index contributed by atoms with van der Waals surface area (Å²) < 4.78 is 20.7. The van der Waals surface area contributed by atoms with Gasteiger partial charge in [-0.1, -0.05) is 5.16 Å². The van der Waals surface area contributed by atoms with Gasteiger partial charge in [0.1, 0.15) is 0 Å². The molecule has 1 fully saturated rings. The first-order chi connectivity index (χ1) is 12.7. The van der Waals surface area contributed by atoms with E-state index in [9.17, 15) is 4.79 Å². The van der Waals surface area contributed by atoms with Gasteiger partial charge in [0.15, 0.2) is 0 Å². The van der Waals surface area contributed by atoms with Crippen LogP contribution in [0.1, 0.15) is 29.1 Å². The summed E-state index contributed by atoms with van der Waals surface area (Å²) in [6.07, 6.45) is 7.00. The summed E-state index contributed by atoms with van der Waals surface area (Å²) in [5, 5.41) is 3.86. The number of rotatable bonds is 3. The summed E-state index contributed by atoms with van der Waals surface area (Å²) in [4.78, 5) is 26.2. The van der Waals surface area contributed by atoms with Crippen molar-refractivity contribution < 1.29 is 13.7 Å². The Kier molecular flexibility index (Phi) is 4.16. The largest absolute Gasteiger partial charge is 0.335 e. The lowest BCUT2D eigenvalue weighted by Crippen LogP contribution is -2.46. The molecular weight excluding hydrogens is 337 g/mol. The molecule has 7 nitrogen and oxygen atoms in total. The number of carbonyl (C=O) groups is 1. The molecular formula is C18H16FN5O2. The monoisotopic (exact) mass is 353 g/mol. The third-order valence-corrected chi connectivity index (χ3v) is 4.37. The summed E-state index contributed by atoms with van der Waals surface area (Å²) in [6.45, 7) is 0.346. The highest BCUT2D eigenvalue weighted by Crippen LogP contribution is 2.35. The number of pyridine rings is 2. The van der Waals surface area contributed by atoms with Gasteiger partial charge < -0.3 is 9.42 Å². The van der Waals surface area contributed by atoms with E-state index in [0.29, 0.717) is 24.1 Å². The first kappa shape index (κ1) is 16.3. The average Bonchev–Trinajstić information content (AvgIpc) is 3.20. The van der Waals surface area contributed by atoms with E-state index in [2.05, 4.69) is 20.1 Å². The number of hydrogen-bond donors (Lipinski definition) is 0. The standard InChI is InChI=1S/C18H16FN5O2/c19-18(17-22-15(23-26-17)13-4-1-7-20-10-13)6-3-9-24(12-18)16(25)14-5-2-8-21-11-14/h1-2,4-5,7-8,10-11H,3,6,9,12H2. The molecule has 3 aromatic heterocycles. The molecule has 0 bridgehead atoms. The SMILES string of the molecule is O=C(c1cccnc1)N1CCCC(F)(c2nc(-c3cccnc3)no2)C1. The summed E-state index contributed by atoms with van der Waals surface area (Å²) in [5.74, 6) is -0.0901. The lowest BCUT2D eigenvalue weighted by atomic mass is 9.94. The van der Waals surface area contributed by atoms with Crippen molar-refractivity contribution in [3.63, 3.8) is 0 Å². The van der Waals surface area contributed by atoms with Gasteiger partial charge in [0.2, 0.25) is 11.5 Å². The second-order valence-electron chi connectivity index (χ2n) is 6.20. The zero-order chi connectivity index (χ0) is 18.0. The van der Waals surface area contributed by atoms with Gasteiger partial charge in [-0.05, 0) is 37.1 Å². The zero-order valence-electron chi connectivity index (χ0n) is 13.9. The van der Waals surface area contributed by atoms with Crippen molar-refractivity contribution in [3.05, 3.63) is 60.5 Å². The average molecular weight is 353 g/mol. The molecule has 4 heterocycles. The highest BCUT2D eigenvalue weighted by atomic mass is 19.1.